The van der Waals surface area contributed by atoms with E-state index in [1.807, 2.05) is 0 Å². The molecule has 0 radical (unpaired) electrons. The first-order chi connectivity index (χ1) is 9.66. The third kappa shape index (κ3) is 2.75. The molecule has 3 heteroatoms. The molecular formula is C17H25BrN2. The van der Waals surface area contributed by atoms with Crippen molar-refractivity contribution < 1.29 is 0 Å². The molecule has 20 heavy (non-hydrogen) atoms. The molecule has 2 atom stereocenters. The van der Waals surface area contributed by atoms with Gasteiger partial charge in [0.25, 0.3) is 0 Å². The van der Waals surface area contributed by atoms with Gasteiger partial charge in [0, 0.05) is 29.8 Å². The molecule has 1 aromatic carbocycles. The number of anilines is 1. The van der Waals surface area contributed by atoms with Crippen LogP contribution in [0, 0.1) is 12.8 Å². The van der Waals surface area contributed by atoms with E-state index in [1.165, 1.54) is 61.0 Å². The van der Waals surface area contributed by atoms with Crippen LogP contribution in [0.4, 0.5) is 5.69 Å². The van der Waals surface area contributed by atoms with Crippen molar-refractivity contribution >= 4 is 21.6 Å². The van der Waals surface area contributed by atoms with Crippen LogP contribution >= 0.6 is 15.9 Å². The third-order valence-electron chi connectivity index (χ3n) is 4.90. The molecule has 2 aliphatic heterocycles. The monoisotopic (exact) mass is 336 g/mol. The highest BCUT2D eigenvalue weighted by Crippen LogP contribution is 2.34. The van der Waals surface area contributed by atoms with Gasteiger partial charge in [0.2, 0.25) is 0 Å². The van der Waals surface area contributed by atoms with Crippen LogP contribution in [0.5, 0.6) is 0 Å². The van der Waals surface area contributed by atoms with Crippen LogP contribution in [0.3, 0.4) is 0 Å². The van der Waals surface area contributed by atoms with Crippen molar-refractivity contribution in [2.45, 2.75) is 45.7 Å². The topological polar surface area (TPSA) is 6.48 Å². The fourth-order valence-electron chi connectivity index (χ4n) is 3.72. The molecule has 3 rings (SSSR count). The zero-order chi connectivity index (χ0) is 14.1. The minimum atomic E-state index is 0.613. The summed E-state index contributed by atoms with van der Waals surface area (Å²) in [7, 11) is 0. The summed E-state index contributed by atoms with van der Waals surface area (Å²) in [5.74, 6) is 0.863. The first-order valence-corrected chi connectivity index (χ1v) is 8.72. The maximum Gasteiger partial charge on any atom is 0.0820 e. The normalized spacial score (nSPS) is 28.1. The molecule has 0 saturated carbocycles. The number of benzene rings is 1. The number of hydrogen-bond donors (Lipinski definition) is 0. The Morgan fingerprint density at radius 1 is 1.15 bits per heavy atom. The van der Waals surface area contributed by atoms with E-state index in [0.29, 0.717) is 6.17 Å². The van der Waals surface area contributed by atoms with Crippen molar-refractivity contribution in [2.24, 2.45) is 5.92 Å². The van der Waals surface area contributed by atoms with E-state index >= 15 is 0 Å². The molecule has 2 nitrogen and oxygen atoms in total. The smallest absolute Gasteiger partial charge is 0.0820 e. The Balaban J connectivity index is 1.87. The Kier molecular flexibility index (Phi) is 4.37. The van der Waals surface area contributed by atoms with Crippen molar-refractivity contribution in [1.82, 2.24) is 4.90 Å². The van der Waals surface area contributed by atoms with Crippen molar-refractivity contribution in [3.05, 3.63) is 28.2 Å². The van der Waals surface area contributed by atoms with Gasteiger partial charge in [0.1, 0.15) is 0 Å². The lowest BCUT2D eigenvalue weighted by Crippen LogP contribution is -2.50. The number of halogens is 1. The zero-order valence-corrected chi connectivity index (χ0v) is 14.2. The first-order valence-electron chi connectivity index (χ1n) is 7.92. The van der Waals surface area contributed by atoms with Crippen LogP contribution in [-0.2, 0) is 0 Å². The average Bonchev–Trinajstić information content (AvgIpc) is 2.88. The Hall–Kier alpha value is -0.540. The van der Waals surface area contributed by atoms with Gasteiger partial charge in [-0.2, -0.15) is 0 Å². The van der Waals surface area contributed by atoms with E-state index < -0.39 is 0 Å². The van der Waals surface area contributed by atoms with Gasteiger partial charge in [-0.25, -0.2) is 0 Å². The maximum absolute atomic E-state index is 3.69. The average molecular weight is 337 g/mol. The molecule has 110 valence electrons. The summed E-state index contributed by atoms with van der Waals surface area (Å²) in [4.78, 5) is 5.37. The van der Waals surface area contributed by atoms with Crippen LogP contribution in [0.1, 0.15) is 38.2 Å². The fraction of sp³-hybridized carbons (Fsp3) is 0.647. The maximum atomic E-state index is 3.69. The third-order valence-corrected chi connectivity index (χ3v) is 5.76. The predicted molar refractivity (Wildman–Crippen MR) is 89.2 cm³/mol. The number of piperidine rings is 1. The summed E-state index contributed by atoms with van der Waals surface area (Å²) in [5.41, 5.74) is 2.80. The molecule has 2 aliphatic rings. The van der Waals surface area contributed by atoms with E-state index in [-0.39, 0.29) is 0 Å². The second-order valence-electron chi connectivity index (χ2n) is 6.44. The summed E-state index contributed by atoms with van der Waals surface area (Å²) in [6.45, 7) is 8.37. The van der Waals surface area contributed by atoms with Crippen LogP contribution in [-0.4, -0.2) is 30.7 Å². The van der Waals surface area contributed by atoms with Crippen molar-refractivity contribution in [3.63, 3.8) is 0 Å². The van der Waals surface area contributed by atoms with Crippen LogP contribution in [0.15, 0.2) is 22.7 Å². The van der Waals surface area contributed by atoms with Gasteiger partial charge in [-0.3, -0.25) is 4.90 Å². The minimum Gasteiger partial charge on any atom is -0.356 e. The Labute approximate surface area is 131 Å². The number of nitrogens with zero attached hydrogens (tertiary/aromatic N) is 2. The van der Waals surface area contributed by atoms with E-state index in [9.17, 15) is 0 Å². The van der Waals surface area contributed by atoms with Gasteiger partial charge in [-0.1, -0.05) is 28.9 Å². The molecule has 0 N–H and O–H groups in total. The van der Waals surface area contributed by atoms with Gasteiger partial charge in [-0.15, -0.1) is 0 Å². The van der Waals surface area contributed by atoms with Gasteiger partial charge in [0.05, 0.1) is 6.17 Å². The molecule has 0 aliphatic carbocycles. The Bertz CT molecular complexity index is 474. The highest BCUT2D eigenvalue weighted by Gasteiger charge is 2.32. The number of likely N-dealkylation sites (tertiary alicyclic amines) is 1. The highest BCUT2D eigenvalue weighted by molar-refractivity contribution is 9.10. The number of rotatable bonds is 2. The minimum absolute atomic E-state index is 0.613. The van der Waals surface area contributed by atoms with Gasteiger partial charge in [-0.05, 0) is 56.2 Å². The largest absolute Gasteiger partial charge is 0.356 e. The van der Waals surface area contributed by atoms with E-state index in [4.69, 9.17) is 0 Å². The quantitative estimate of drug-likeness (QED) is 0.788. The molecule has 0 aromatic heterocycles. The van der Waals surface area contributed by atoms with Crippen LogP contribution in [0.25, 0.3) is 0 Å². The van der Waals surface area contributed by atoms with Gasteiger partial charge in [0.15, 0.2) is 0 Å². The summed E-state index contributed by atoms with van der Waals surface area (Å²) >= 11 is 3.69. The summed E-state index contributed by atoms with van der Waals surface area (Å²) < 4.78 is 1.23. The SMILES string of the molecule is Cc1c(Br)cccc1N1CCCCC1N1CCC(C)C1. The Morgan fingerprint density at radius 3 is 2.75 bits per heavy atom. The first kappa shape index (κ1) is 14.4. The lowest BCUT2D eigenvalue weighted by atomic mass is 10.0. The molecule has 2 heterocycles. The van der Waals surface area contributed by atoms with Crippen LogP contribution < -0.4 is 4.90 Å². The molecule has 0 amide bonds. The zero-order valence-electron chi connectivity index (χ0n) is 12.6. The standard InChI is InChI=1S/C17H25BrN2/c1-13-9-11-19(12-13)17-8-3-4-10-20(17)16-7-5-6-15(18)14(16)2/h5-7,13,17H,3-4,8-12H2,1-2H3. The molecular weight excluding hydrogens is 312 g/mol. The van der Waals surface area contributed by atoms with Crippen LogP contribution in [0.2, 0.25) is 0 Å². The van der Waals surface area contributed by atoms with Crippen molar-refractivity contribution in [1.29, 1.82) is 0 Å². The number of hydrogen-bond acceptors (Lipinski definition) is 2. The summed E-state index contributed by atoms with van der Waals surface area (Å²) in [5, 5.41) is 0. The molecule has 0 spiro atoms. The molecule has 0 bridgehead atoms. The van der Waals surface area contributed by atoms with Gasteiger partial charge < -0.3 is 4.90 Å². The lowest BCUT2D eigenvalue weighted by molar-refractivity contribution is 0.196. The van der Waals surface area contributed by atoms with E-state index in [0.717, 1.165) is 5.92 Å². The Morgan fingerprint density at radius 2 is 2.00 bits per heavy atom. The molecule has 2 unspecified atom stereocenters. The van der Waals surface area contributed by atoms with Crippen molar-refractivity contribution in [3.8, 4) is 0 Å². The predicted octanol–water partition coefficient (Wildman–Crippen LogP) is 4.42. The van der Waals surface area contributed by atoms with E-state index in [1.54, 1.807) is 0 Å². The highest BCUT2D eigenvalue weighted by atomic mass is 79.9. The van der Waals surface area contributed by atoms with Gasteiger partial charge >= 0.3 is 0 Å². The molecule has 2 saturated heterocycles. The second-order valence-corrected chi connectivity index (χ2v) is 7.30. The van der Waals surface area contributed by atoms with Crippen molar-refractivity contribution in [2.75, 3.05) is 24.5 Å². The summed E-state index contributed by atoms with van der Waals surface area (Å²) in [6, 6.07) is 6.61. The van der Waals surface area contributed by atoms with E-state index in [2.05, 4.69) is 57.8 Å². The summed E-state index contributed by atoms with van der Waals surface area (Å²) in [6.07, 6.45) is 5.99. The molecule has 1 aromatic rings. The fourth-order valence-corrected chi connectivity index (χ4v) is 4.08. The second kappa shape index (κ2) is 6.07. The molecule has 2 fully saturated rings. The lowest BCUT2D eigenvalue weighted by Gasteiger charge is -2.43.